The van der Waals surface area contributed by atoms with Gasteiger partial charge in [-0.25, -0.2) is 20.0 Å². The van der Waals surface area contributed by atoms with Gasteiger partial charge in [0, 0.05) is 11.3 Å². The Bertz CT molecular complexity index is 1290. The molecule has 0 radical (unpaired) electrons. The van der Waals surface area contributed by atoms with Gasteiger partial charge in [0.1, 0.15) is 6.34 Å². The third kappa shape index (κ3) is 2.33. The second-order valence-corrected chi connectivity index (χ2v) is 5.95. The summed E-state index contributed by atoms with van der Waals surface area (Å²) in [5.74, 6) is 0.713. The number of hydrogen-bond donors (Lipinski definition) is 1. The highest BCUT2D eigenvalue weighted by Gasteiger charge is 2.10. The average molecular weight is 323 g/mol. The molecule has 118 valence electrons. The third-order valence-electron chi connectivity index (χ3n) is 4.30. The number of aliphatic imine (C=N–C) groups is 2. The van der Waals surface area contributed by atoms with Crippen molar-refractivity contribution in [2.45, 2.75) is 0 Å². The fourth-order valence-electron chi connectivity index (χ4n) is 2.97. The first-order valence-corrected chi connectivity index (χ1v) is 7.94. The highest BCUT2D eigenvalue weighted by Crippen LogP contribution is 2.17. The molecule has 0 fully saturated rings. The highest BCUT2D eigenvalue weighted by molar-refractivity contribution is 6.02. The number of benzene rings is 3. The van der Waals surface area contributed by atoms with Crippen LogP contribution in [0, 0.1) is 10.4 Å². The van der Waals surface area contributed by atoms with Crippen LogP contribution < -0.4 is 16.4 Å². The minimum absolute atomic E-state index is 0.713. The van der Waals surface area contributed by atoms with Crippen LogP contribution in [0.2, 0.25) is 0 Å². The summed E-state index contributed by atoms with van der Waals surface area (Å²) in [6.45, 7) is 0. The lowest BCUT2D eigenvalue weighted by atomic mass is 10.2. The predicted octanol–water partition coefficient (Wildman–Crippen LogP) is 2.56. The first kappa shape index (κ1) is 13.8. The normalized spacial score (nSPS) is 15.1. The summed E-state index contributed by atoms with van der Waals surface area (Å²) < 4.78 is 0. The van der Waals surface area contributed by atoms with Crippen LogP contribution in [0.4, 0.5) is 17.1 Å². The number of nitrogens with zero attached hydrogens (tertiary/aromatic N) is 4. The van der Waals surface area contributed by atoms with E-state index in [0.717, 1.165) is 43.8 Å². The fourth-order valence-corrected chi connectivity index (χ4v) is 2.97. The van der Waals surface area contributed by atoms with Gasteiger partial charge >= 0.3 is 0 Å². The lowest BCUT2D eigenvalue weighted by molar-refractivity contribution is 1.38. The van der Waals surface area contributed by atoms with E-state index in [1.165, 1.54) is 0 Å². The number of hydrogen-bond acceptors (Lipinski definition) is 5. The topological polar surface area (TPSA) is 75.5 Å². The van der Waals surface area contributed by atoms with Crippen LogP contribution in [-0.4, -0.2) is 12.2 Å². The molecule has 0 bridgehead atoms. The summed E-state index contributed by atoms with van der Waals surface area (Å²) in [6.07, 6.45) is 1.58. The van der Waals surface area contributed by atoms with E-state index >= 15 is 0 Å². The van der Waals surface area contributed by atoms with Crippen LogP contribution >= 0.6 is 0 Å². The molecule has 0 aromatic heterocycles. The standard InChI is InChI=1S/C20H13N5/c21-15-5-1-12(2-6-15)20-24-17-8-4-14(10-19(17)25-20)13-3-7-16-18(9-13)23-11-22-16/h1-11H,21H2. The van der Waals surface area contributed by atoms with Crippen molar-refractivity contribution in [1.82, 2.24) is 0 Å². The Morgan fingerprint density at radius 1 is 0.680 bits per heavy atom. The van der Waals surface area contributed by atoms with Crippen LogP contribution in [0.15, 0.2) is 80.6 Å². The zero-order valence-electron chi connectivity index (χ0n) is 13.2. The van der Waals surface area contributed by atoms with E-state index in [4.69, 9.17) is 5.73 Å². The number of anilines is 1. The van der Waals surface area contributed by atoms with Gasteiger partial charge in [-0.15, -0.1) is 0 Å². The minimum atomic E-state index is 0.713. The first-order valence-electron chi connectivity index (χ1n) is 7.94. The van der Waals surface area contributed by atoms with Gasteiger partial charge in [0.25, 0.3) is 0 Å². The Morgan fingerprint density at radius 2 is 1.40 bits per heavy atom. The Morgan fingerprint density at radius 3 is 2.20 bits per heavy atom. The summed E-state index contributed by atoms with van der Waals surface area (Å²) >= 11 is 0. The molecule has 2 aliphatic heterocycles. The van der Waals surface area contributed by atoms with Crippen LogP contribution in [0.5, 0.6) is 0 Å². The maximum atomic E-state index is 5.75. The van der Waals surface area contributed by atoms with Crippen LogP contribution in [0.3, 0.4) is 0 Å². The second kappa shape index (κ2) is 5.21. The molecule has 25 heavy (non-hydrogen) atoms. The van der Waals surface area contributed by atoms with Crippen molar-refractivity contribution < 1.29 is 0 Å². The largest absolute Gasteiger partial charge is 0.399 e. The monoisotopic (exact) mass is 323 g/mol. The number of nitrogen functional groups attached to an aromatic ring is 1. The zero-order valence-corrected chi connectivity index (χ0v) is 13.2. The first-order chi connectivity index (χ1) is 12.3. The molecule has 0 amide bonds. The minimum Gasteiger partial charge on any atom is -0.399 e. The van der Waals surface area contributed by atoms with Gasteiger partial charge in [-0.1, -0.05) is 12.1 Å². The molecule has 2 heterocycles. The number of amidine groups is 1. The molecule has 5 nitrogen and oxygen atoms in total. The quantitative estimate of drug-likeness (QED) is 0.687. The van der Waals surface area contributed by atoms with E-state index in [1.807, 2.05) is 42.5 Å². The zero-order chi connectivity index (χ0) is 16.8. The van der Waals surface area contributed by atoms with Gasteiger partial charge in [-0.2, -0.15) is 0 Å². The smallest absolute Gasteiger partial charge is 0.160 e. The Hall–Kier alpha value is -3.60. The van der Waals surface area contributed by atoms with E-state index in [9.17, 15) is 0 Å². The summed E-state index contributed by atoms with van der Waals surface area (Å²) in [5.41, 5.74) is 9.20. The maximum absolute atomic E-state index is 5.75. The van der Waals surface area contributed by atoms with E-state index in [-0.39, 0.29) is 0 Å². The molecular formula is C20H13N5. The van der Waals surface area contributed by atoms with Crippen molar-refractivity contribution in [2.24, 2.45) is 20.0 Å². The molecular weight excluding hydrogens is 310 g/mol. The van der Waals surface area contributed by atoms with Gasteiger partial charge in [0.2, 0.25) is 0 Å². The molecule has 0 atom stereocenters. The lowest BCUT2D eigenvalue weighted by Gasteiger charge is -1.97. The molecule has 5 heteroatoms. The summed E-state index contributed by atoms with van der Waals surface area (Å²) in [7, 11) is 0. The molecule has 0 saturated heterocycles. The highest BCUT2D eigenvalue weighted by atomic mass is 15.0. The number of fused-ring (bicyclic) bond motifs is 2. The average Bonchev–Trinajstić information content (AvgIpc) is 3.27. The van der Waals surface area contributed by atoms with Crippen LogP contribution in [-0.2, 0) is 0 Å². The van der Waals surface area contributed by atoms with E-state index in [0.29, 0.717) is 5.84 Å². The Labute approximate surface area is 142 Å². The lowest BCUT2D eigenvalue weighted by Crippen LogP contribution is -2.00. The molecule has 0 saturated carbocycles. The molecule has 0 spiro atoms. The van der Waals surface area contributed by atoms with Crippen LogP contribution in [0.1, 0.15) is 5.56 Å². The molecule has 5 rings (SSSR count). The van der Waals surface area contributed by atoms with E-state index < -0.39 is 0 Å². The fraction of sp³-hybridized carbons (Fsp3) is 0. The molecule has 0 unspecified atom stereocenters. The van der Waals surface area contributed by atoms with Gasteiger partial charge in [0.15, 0.2) is 5.84 Å². The molecule has 0 aliphatic carbocycles. The maximum Gasteiger partial charge on any atom is 0.160 e. The van der Waals surface area contributed by atoms with Crippen molar-refractivity contribution in [1.29, 1.82) is 0 Å². The van der Waals surface area contributed by atoms with E-state index in [2.05, 4.69) is 38.2 Å². The molecule has 3 aromatic carbocycles. The van der Waals surface area contributed by atoms with Crippen molar-refractivity contribution >= 4 is 29.2 Å². The second-order valence-electron chi connectivity index (χ2n) is 5.95. The van der Waals surface area contributed by atoms with Gasteiger partial charge < -0.3 is 5.73 Å². The predicted molar refractivity (Wildman–Crippen MR) is 98.1 cm³/mol. The van der Waals surface area contributed by atoms with Crippen molar-refractivity contribution in [2.75, 3.05) is 5.73 Å². The van der Waals surface area contributed by atoms with Crippen molar-refractivity contribution in [3.63, 3.8) is 0 Å². The Kier molecular flexibility index (Phi) is 2.87. The van der Waals surface area contributed by atoms with Crippen molar-refractivity contribution in [3.05, 3.63) is 87.4 Å². The summed E-state index contributed by atoms with van der Waals surface area (Å²) in [4.78, 5) is 17.8. The van der Waals surface area contributed by atoms with Crippen molar-refractivity contribution in [3.8, 4) is 0 Å². The molecule has 2 aliphatic rings. The van der Waals surface area contributed by atoms with E-state index in [1.54, 1.807) is 6.34 Å². The third-order valence-corrected chi connectivity index (χ3v) is 4.30. The number of rotatable bonds is 1. The van der Waals surface area contributed by atoms with Gasteiger partial charge in [-0.05, 0) is 59.0 Å². The number of nitrogens with two attached hydrogens (primary N) is 1. The summed E-state index contributed by atoms with van der Waals surface area (Å²) in [6, 6.07) is 19.8. The molecule has 2 N–H and O–H groups in total. The molecule has 3 aromatic rings. The summed E-state index contributed by atoms with van der Waals surface area (Å²) in [5, 5.41) is 3.96. The SMILES string of the molecule is Nc1ccc(C2=Nc3cc(=c4ccc5c(c4)N=CN=5)ccc3=N2)cc1. The van der Waals surface area contributed by atoms with Gasteiger partial charge in [-0.3, -0.25) is 0 Å². The Balaban J connectivity index is 1.66. The van der Waals surface area contributed by atoms with Gasteiger partial charge in [0.05, 0.1) is 22.1 Å². The van der Waals surface area contributed by atoms with Crippen LogP contribution in [0.25, 0.3) is 0 Å².